The zero-order chi connectivity index (χ0) is 24.0. The van der Waals surface area contributed by atoms with Crippen LogP contribution in [-0.2, 0) is 14.3 Å². The number of esters is 1. The van der Waals surface area contributed by atoms with E-state index in [4.69, 9.17) is 21.1 Å². The number of carbonyl (C=O) groups is 2. The molecular formula is C26H50ClNO4. The standard InChI is InChI=1S/C26H50ClNO4/c1-5-6-7-8-9-10-11-12-13-14-15-16-17-18-20-31-25(29)24(22-23(2)3)28(4)26(30)32-21-19-27/h23-24H,5-22H2,1-4H3. The van der Waals surface area contributed by atoms with Gasteiger partial charge < -0.3 is 9.47 Å². The van der Waals surface area contributed by atoms with Gasteiger partial charge in [0.1, 0.15) is 12.6 Å². The van der Waals surface area contributed by atoms with Crippen molar-refractivity contribution in [3.05, 3.63) is 0 Å². The molecule has 0 aromatic carbocycles. The molecule has 32 heavy (non-hydrogen) atoms. The third-order valence-electron chi connectivity index (χ3n) is 5.77. The van der Waals surface area contributed by atoms with Crippen LogP contribution in [0.5, 0.6) is 0 Å². The topological polar surface area (TPSA) is 55.8 Å². The van der Waals surface area contributed by atoms with Crippen molar-refractivity contribution < 1.29 is 19.1 Å². The molecule has 190 valence electrons. The van der Waals surface area contributed by atoms with Gasteiger partial charge in [0, 0.05) is 7.05 Å². The van der Waals surface area contributed by atoms with E-state index in [2.05, 4.69) is 6.92 Å². The second-order valence-corrected chi connectivity index (χ2v) is 9.70. The van der Waals surface area contributed by atoms with E-state index in [0.29, 0.717) is 13.0 Å². The Morgan fingerprint density at radius 3 is 1.66 bits per heavy atom. The summed E-state index contributed by atoms with van der Waals surface area (Å²) >= 11 is 5.57. The summed E-state index contributed by atoms with van der Waals surface area (Å²) < 4.78 is 10.5. The molecule has 0 aliphatic rings. The average molecular weight is 476 g/mol. The van der Waals surface area contributed by atoms with Gasteiger partial charge in [-0.3, -0.25) is 4.90 Å². The fourth-order valence-electron chi connectivity index (χ4n) is 3.78. The molecule has 1 atom stereocenters. The molecule has 1 unspecified atom stereocenters. The van der Waals surface area contributed by atoms with Gasteiger partial charge in [-0.15, -0.1) is 11.6 Å². The molecular weight excluding hydrogens is 426 g/mol. The first kappa shape index (κ1) is 31.0. The number of carbonyl (C=O) groups excluding carboxylic acids is 2. The molecule has 0 fully saturated rings. The Labute approximate surface area is 202 Å². The average Bonchev–Trinajstić information content (AvgIpc) is 2.77. The monoisotopic (exact) mass is 475 g/mol. The van der Waals surface area contributed by atoms with Crippen LogP contribution in [-0.4, -0.2) is 49.1 Å². The summed E-state index contributed by atoms with van der Waals surface area (Å²) in [5.74, 6) is 0.147. The molecule has 0 radical (unpaired) electrons. The van der Waals surface area contributed by atoms with E-state index in [1.54, 1.807) is 7.05 Å². The van der Waals surface area contributed by atoms with Gasteiger partial charge in [-0.05, 0) is 18.8 Å². The maximum Gasteiger partial charge on any atom is 0.410 e. The van der Waals surface area contributed by atoms with Gasteiger partial charge in [0.2, 0.25) is 0 Å². The molecule has 0 saturated heterocycles. The molecule has 0 aliphatic heterocycles. The molecule has 5 nitrogen and oxygen atoms in total. The van der Waals surface area contributed by atoms with E-state index in [0.717, 1.165) is 12.8 Å². The molecule has 0 aliphatic carbocycles. The van der Waals surface area contributed by atoms with Gasteiger partial charge in [0.05, 0.1) is 12.5 Å². The Kier molecular flexibility index (Phi) is 21.2. The third-order valence-corrected chi connectivity index (χ3v) is 5.92. The maximum absolute atomic E-state index is 12.5. The molecule has 0 spiro atoms. The third kappa shape index (κ3) is 17.6. The molecule has 0 aromatic heterocycles. The SMILES string of the molecule is CCCCCCCCCCCCCCCCOC(=O)C(CC(C)C)N(C)C(=O)OCCCl. The normalized spacial score (nSPS) is 12.1. The summed E-state index contributed by atoms with van der Waals surface area (Å²) in [6.45, 7) is 6.85. The predicted molar refractivity (Wildman–Crippen MR) is 134 cm³/mol. The fraction of sp³-hybridized carbons (Fsp3) is 0.923. The first-order valence-electron chi connectivity index (χ1n) is 13.1. The van der Waals surface area contributed by atoms with Crippen molar-refractivity contribution in [2.75, 3.05) is 26.1 Å². The molecule has 0 heterocycles. The molecule has 0 saturated carbocycles. The van der Waals surface area contributed by atoms with Gasteiger partial charge in [-0.2, -0.15) is 0 Å². The van der Waals surface area contributed by atoms with Crippen LogP contribution in [0, 0.1) is 5.92 Å². The molecule has 0 N–H and O–H groups in total. The lowest BCUT2D eigenvalue weighted by Crippen LogP contribution is -2.44. The van der Waals surface area contributed by atoms with Gasteiger partial charge in [-0.25, -0.2) is 9.59 Å². The highest BCUT2D eigenvalue weighted by atomic mass is 35.5. The van der Waals surface area contributed by atoms with Crippen LogP contribution in [0.3, 0.4) is 0 Å². The van der Waals surface area contributed by atoms with Gasteiger partial charge in [-0.1, -0.05) is 104 Å². The highest BCUT2D eigenvalue weighted by Gasteiger charge is 2.29. The molecule has 0 bridgehead atoms. The van der Waals surface area contributed by atoms with Crippen molar-refractivity contribution in [1.82, 2.24) is 4.90 Å². The summed E-state index contributed by atoms with van der Waals surface area (Å²) in [6, 6.07) is -0.621. The Bertz CT molecular complexity index is 459. The summed E-state index contributed by atoms with van der Waals surface area (Å²) in [6.07, 6.45) is 18.1. The number of hydrogen-bond donors (Lipinski definition) is 0. The minimum Gasteiger partial charge on any atom is -0.464 e. The number of rotatable bonds is 21. The van der Waals surface area contributed by atoms with E-state index in [9.17, 15) is 9.59 Å². The largest absolute Gasteiger partial charge is 0.464 e. The Morgan fingerprint density at radius 1 is 0.750 bits per heavy atom. The lowest BCUT2D eigenvalue weighted by molar-refractivity contribution is -0.149. The van der Waals surface area contributed by atoms with E-state index in [-0.39, 0.29) is 24.4 Å². The Balaban J connectivity index is 3.82. The Hall–Kier alpha value is -0.970. The number of likely N-dealkylation sites (N-methyl/N-ethyl adjacent to an activating group) is 1. The minimum absolute atomic E-state index is 0.132. The van der Waals surface area contributed by atoms with Gasteiger partial charge in [0.15, 0.2) is 0 Å². The van der Waals surface area contributed by atoms with Crippen molar-refractivity contribution in [3.63, 3.8) is 0 Å². The van der Waals surface area contributed by atoms with Crippen LogP contribution in [0.25, 0.3) is 0 Å². The van der Waals surface area contributed by atoms with Crippen LogP contribution in [0.15, 0.2) is 0 Å². The van der Waals surface area contributed by atoms with E-state index in [1.807, 2.05) is 13.8 Å². The van der Waals surface area contributed by atoms with E-state index in [1.165, 1.54) is 81.9 Å². The second-order valence-electron chi connectivity index (χ2n) is 9.32. The fourth-order valence-corrected chi connectivity index (χ4v) is 3.86. The highest BCUT2D eigenvalue weighted by Crippen LogP contribution is 2.15. The van der Waals surface area contributed by atoms with Crippen molar-refractivity contribution in [2.24, 2.45) is 5.92 Å². The summed E-state index contributed by atoms with van der Waals surface area (Å²) in [4.78, 5) is 25.9. The van der Waals surface area contributed by atoms with Crippen molar-refractivity contribution in [3.8, 4) is 0 Å². The van der Waals surface area contributed by atoms with Crippen molar-refractivity contribution >= 4 is 23.7 Å². The number of hydrogen-bond acceptors (Lipinski definition) is 4. The number of alkyl halides is 1. The molecule has 0 aromatic rings. The first-order valence-corrected chi connectivity index (χ1v) is 13.6. The smallest absolute Gasteiger partial charge is 0.410 e. The quantitative estimate of drug-likeness (QED) is 0.0967. The van der Waals surface area contributed by atoms with Crippen molar-refractivity contribution in [1.29, 1.82) is 0 Å². The molecule has 0 rings (SSSR count). The maximum atomic E-state index is 12.5. The summed E-state index contributed by atoms with van der Waals surface area (Å²) in [5, 5.41) is 0. The molecule has 1 amide bonds. The van der Waals surface area contributed by atoms with Gasteiger partial charge in [0.25, 0.3) is 0 Å². The Morgan fingerprint density at radius 2 is 1.22 bits per heavy atom. The number of ether oxygens (including phenoxy) is 2. The van der Waals surface area contributed by atoms with Crippen LogP contribution >= 0.6 is 11.6 Å². The number of amides is 1. The van der Waals surface area contributed by atoms with E-state index < -0.39 is 12.1 Å². The predicted octanol–water partition coefficient (Wildman–Crippen LogP) is 7.73. The van der Waals surface area contributed by atoms with Crippen LogP contribution < -0.4 is 0 Å². The zero-order valence-electron chi connectivity index (χ0n) is 21.3. The second kappa shape index (κ2) is 21.9. The number of halogens is 1. The van der Waals surface area contributed by atoms with Crippen LogP contribution in [0.4, 0.5) is 4.79 Å². The summed E-state index contributed by atoms with van der Waals surface area (Å²) in [5.41, 5.74) is 0. The molecule has 6 heteroatoms. The number of unbranched alkanes of at least 4 members (excludes halogenated alkanes) is 13. The van der Waals surface area contributed by atoms with Crippen LogP contribution in [0.1, 0.15) is 117 Å². The van der Waals surface area contributed by atoms with E-state index >= 15 is 0 Å². The number of nitrogens with zero attached hydrogens (tertiary/aromatic N) is 1. The lowest BCUT2D eigenvalue weighted by atomic mass is 10.0. The van der Waals surface area contributed by atoms with Crippen LogP contribution in [0.2, 0.25) is 0 Å². The zero-order valence-corrected chi connectivity index (χ0v) is 22.1. The highest BCUT2D eigenvalue weighted by molar-refractivity contribution is 6.18. The lowest BCUT2D eigenvalue weighted by Gasteiger charge is -2.27. The van der Waals surface area contributed by atoms with Crippen molar-refractivity contribution in [2.45, 2.75) is 123 Å². The van der Waals surface area contributed by atoms with Gasteiger partial charge >= 0.3 is 12.1 Å². The minimum atomic E-state index is -0.621. The first-order chi connectivity index (χ1) is 15.4. The summed E-state index contributed by atoms with van der Waals surface area (Å²) in [7, 11) is 1.58.